The summed E-state index contributed by atoms with van der Waals surface area (Å²) in [5.41, 5.74) is 0. The van der Waals surface area contributed by atoms with Gasteiger partial charge in [-0.3, -0.25) is 14.4 Å². The third-order valence-electron chi connectivity index (χ3n) is 4.68. The Balaban J connectivity index is 1.36. The minimum Gasteiger partial charge on any atom is -0.433 e. The average Bonchev–Trinajstić information content (AvgIpc) is 3.00. The molecule has 1 saturated heterocycles. The smallest absolute Gasteiger partial charge is 0.433 e. The molecule has 0 N–H and O–H groups in total. The van der Waals surface area contributed by atoms with Crippen molar-refractivity contribution in [1.82, 2.24) is 5.06 Å². The number of ether oxygens (including phenoxy) is 1. The lowest BCUT2D eigenvalue weighted by molar-refractivity contribution is -0.177. The summed E-state index contributed by atoms with van der Waals surface area (Å²) >= 11 is 0. The molecule has 0 bridgehead atoms. The third kappa shape index (κ3) is 3.24. The number of amides is 2. The molecule has 2 aliphatic carbocycles. The minimum atomic E-state index is -0.981. The van der Waals surface area contributed by atoms with E-state index >= 15 is 0 Å². The quantitative estimate of drug-likeness (QED) is 0.451. The van der Waals surface area contributed by atoms with Gasteiger partial charge in [0.2, 0.25) is 0 Å². The van der Waals surface area contributed by atoms with Gasteiger partial charge < -0.3 is 4.74 Å². The fraction of sp³-hybridized carbons (Fsp3) is 0.688. The molecule has 6 heteroatoms. The molecular formula is C16H19NO5. The molecule has 1 unspecified atom stereocenters. The summed E-state index contributed by atoms with van der Waals surface area (Å²) in [5.74, 6) is 7.33. The van der Waals surface area contributed by atoms with Crippen molar-refractivity contribution >= 4 is 18.0 Å². The van der Waals surface area contributed by atoms with Gasteiger partial charge in [0.15, 0.2) is 0 Å². The molecule has 118 valence electrons. The highest BCUT2D eigenvalue weighted by Gasteiger charge is 2.48. The van der Waals surface area contributed by atoms with E-state index in [9.17, 15) is 14.4 Å². The van der Waals surface area contributed by atoms with Crippen LogP contribution in [0.1, 0.15) is 44.9 Å². The molecule has 1 heterocycles. The summed E-state index contributed by atoms with van der Waals surface area (Å²) < 4.78 is 4.98. The number of hydroxylamine groups is 2. The molecule has 0 spiro atoms. The molecule has 3 atom stereocenters. The molecule has 0 aromatic carbocycles. The van der Waals surface area contributed by atoms with E-state index in [1.807, 2.05) is 0 Å². The predicted octanol–water partition coefficient (Wildman–Crippen LogP) is 2.03. The van der Waals surface area contributed by atoms with Crippen LogP contribution in [0.5, 0.6) is 0 Å². The second-order valence-corrected chi connectivity index (χ2v) is 5.98. The number of hydrogen-bond donors (Lipinski definition) is 0. The van der Waals surface area contributed by atoms with Gasteiger partial charge in [0.1, 0.15) is 0 Å². The van der Waals surface area contributed by atoms with Crippen LogP contribution >= 0.6 is 0 Å². The number of rotatable bonds is 4. The van der Waals surface area contributed by atoms with Gasteiger partial charge in [-0.1, -0.05) is 5.06 Å². The molecule has 2 fully saturated rings. The van der Waals surface area contributed by atoms with Crippen molar-refractivity contribution in [3.05, 3.63) is 0 Å². The molecule has 2 amide bonds. The molecule has 0 aromatic heterocycles. The van der Waals surface area contributed by atoms with Crippen LogP contribution in [0.3, 0.4) is 0 Å². The molecule has 3 rings (SSSR count). The Morgan fingerprint density at radius 2 is 1.68 bits per heavy atom. The van der Waals surface area contributed by atoms with E-state index in [-0.39, 0.29) is 19.4 Å². The highest BCUT2D eigenvalue weighted by Crippen LogP contribution is 2.54. The Bertz CT molecular complexity index is 512. The maximum Gasteiger partial charge on any atom is 0.533 e. The Hall–Kier alpha value is -2.03. The average molecular weight is 305 g/mol. The van der Waals surface area contributed by atoms with Crippen LogP contribution in [0.15, 0.2) is 0 Å². The minimum absolute atomic E-state index is 0.0830. The van der Waals surface area contributed by atoms with Gasteiger partial charge in [-0.2, -0.15) is 0 Å². The summed E-state index contributed by atoms with van der Waals surface area (Å²) in [7, 11) is 0. The molecule has 0 aromatic rings. The first-order chi connectivity index (χ1) is 10.7. The molecule has 6 nitrogen and oxygen atoms in total. The summed E-state index contributed by atoms with van der Waals surface area (Å²) in [5, 5.41) is 0.505. The number of carbonyl (C=O) groups excluding carboxylic acids is 3. The van der Waals surface area contributed by atoms with Gasteiger partial charge in [0, 0.05) is 25.7 Å². The predicted molar refractivity (Wildman–Crippen MR) is 74.9 cm³/mol. The van der Waals surface area contributed by atoms with Crippen molar-refractivity contribution in [2.24, 2.45) is 17.8 Å². The lowest BCUT2D eigenvalue weighted by atomic mass is 10.1. The normalized spacial score (nSPS) is 29.8. The maximum absolute atomic E-state index is 11.5. The van der Waals surface area contributed by atoms with Crippen LogP contribution < -0.4 is 0 Å². The van der Waals surface area contributed by atoms with Gasteiger partial charge >= 0.3 is 6.16 Å². The van der Waals surface area contributed by atoms with Crippen molar-refractivity contribution in [3.8, 4) is 11.8 Å². The van der Waals surface area contributed by atoms with Crippen LogP contribution in [-0.2, 0) is 19.2 Å². The molecule has 0 radical (unpaired) electrons. The Morgan fingerprint density at radius 3 is 2.27 bits per heavy atom. The fourth-order valence-corrected chi connectivity index (χ4v) is 3.50. The van der Waals surface area contributed by atoms with Gasteiger partial charge in [0.25, 0.3) is 11.8 Å². The van der Waals surface area contributed by atoms with Crippen LogP contribution in [0.2, 0.25) is 0 Å². The summed E-state index contributed by atoms with van der Waals surface area (Å²) in [6.07, 6.45) is 4.16. The summed E-state index contributed by atoms with van der Waals surface area (Å²) in [4.78, 5) is 38.8. The van der Waals surface area contributed by atoms with Gasteiger partial charge in [-0.15, -0.1) is 11.8 Å². The van der Waals surface area contributed by atoms with Crippen molar-refractivity contribution in [2.45, 2.75) is 44.9 Å². The van der Waals surface area contributed by atoms with E-state index < -0.39 is 18.0 Å². The van der Waals surface area contributed by atoms with Crippen LogP contribution in [0.4, 0.5) is 4.79 Å². The molecule has 3 aliphatic rings. The van der Waals surface area contributed by atoms with Crippen molar-refractivity contribution in [3.63, 3.8) is 0 Å². The number of imide groups is 1. The first-order valence-corrected chi connectivity index (χ1v) is 7.83. The largest absolute Gasteiger partial charge is 0.533 e. The van der Waals surface area contributed by atoms with E-state index in [2.05, 4.69) is 16.7 Å². The number of carbonyl (C=O) groups is 3. The first-order valence-electron chi connectivity index (χ1n) is 7.83. The lowest BCUT2D eigenvalue weighted by Crippen LogP contribution is -2.32. The zero-order valence-electron chi connectivity index (χ0n) is 12.4. The Kier molecular flexibility index (Phi) is 4.32. The van der Waals surface area contributed by atoms with Crippen molar-refractivity contribution in [1.29, 1.82) is 0 Å². The first kappa shape index (κ1) is 14.9. The van der Waals surface area contributed by atoms with Gasteiger partial charge in [-0.25, -0.2) is 4.79 Å². The van der Waals surface area contributed by atoms with E-state index in [0.717, 1.165) is 32.1 Å². The Morgan fingerprint density at radius 1 is 1.09 bits per heavy atom. The zero-order valence-corrected chi connectivity index (χ0v) is 12.4. The van der Waals surface area contributed by atoms with Gasteiger partial charge in [0.05, 0.1) is 6.61 Å². The number of fused-ring (bicyclic) bond motifs is 1. The Labute approximate surface area is 129 Å². The third-order valence-corrected chi connectivity index (χ3v) is 4.68. The molecular weight excluding hydrogens is 286 g/mol. The lowest BCUT2D eigenvalue weighted by Gasteiger charge is -2.12. The zero-order chi connectivity index (χ0) is 15.5. The SMILES string of the molecule is O=C(OCCC1[C@H]2CCC#CCC[C@@H]12)ON1C(=O)CCC1=O. The molecule has 22 heavy (non-hydrogen) atoms. The number of nitrogens with zero attached hydrogens (tertiary/aromatic N) is 1. The van der Waals surface area contributed by atoms with Gasteiger partial charge in [-0.05, 0) is 37.0 Å². The second-order valence-electron chi connectivity index (χ2n) is 5.98. The van der Waals surface area contributed by atoms with E-state index in [1.54, 1.807) is 0 Å². The van der Waals surface area contributed by atoms with Crippen LogP contribution in [0, 0.1) is 29.6 Å². The standard InChI is InChI=1S/C16H19NO5/c18-14-7-8-15(19)17(14)22-16(20)21-10-9-13-11-5-3-1-2-4-6-12(11)13/h11-13H,3-10H2/t11-,12+,13?. The monoisotopic (exact) mass is 305 g/mol. The second kappa shape index (κ2) is 6.39. The summed E-state index contributed by atoms with van der Waals surface area (Å²) in [6, 6.07) is 0. The number of hydrogen-bond acceptors (Lipinski definition) is 5. The van der Waals surface area contributed by atoms with Crippen molar-refractivity contribution < 1.29 is 24.0 Å². The maximum atomic E-state index is 11.5. The molecule has 1 saturated carbocycles. The van der Waals surface area contributed by atoms with E-state index in [0.29, 0.717) is 22.8 Å². The highest BCUT2D eigenvalue weighted by atomic mass is 16.8. The topological polar surface area (TPSA) is 72.9 Å². The van der Waals surface area contributed by atoms with E-state index in [1.165, 1.54) is 0 Å². The van der Waals surface area contributed by atoms with Crippen molar-refractivity contribution in [2.75, 3.05) is 6.61 Å². The molecule has 1 aliphatic heterocycles. The fourth-order valence-electron chi connectivity index (χ4n) is 3.50. The highest BCUT2D eigenvalue weighted by molar-refractivity contribution is 6.01. The summed E-state index contributed by atoms with van der Waals surface area (Å²) in [6.45, 7) is 0.258. The van der Waals surface area contributed by atoms with Crippen LogP contribution in [0.25, 0.3) is 0 Å². The van der Waals surface area contributed by atoms with E-state index in [4.69, 9.17) is 4.74 Å². The van der Waals surface area contributed by atoms with Crippen LogP contribution in [-0.4, -0.2) is 29.6 Å².